The Bertz CT molecular complexity index is 1860. The summed E-state index contributed by atoms with van der Waals surface area (Å²) in [6.45, 7) is 15.4. The maximum absolute atomic E-state index is 5.55. The van der Waals surface area contributed by atoms with E-state index in [2.05, 4.69) is 189 Å². The molecule has 0 bridgehead atoms. The first-order chi connectivity index (χ1) is 22.0. The lowest BCUT2D eigenvalue weighted by molar-refractivity contribution is 0.190. The molecule has 0 unspecified atom stereocenters. The molecule has 0 N–H and O–H groups in total. The second-order valence-corrected chi connectivity index (χ2v) is 24.9. The van der Waals surface area contributed by atoms with E-state index in [1.54, 1.807) is 0 Å². The van der Waals surface area contributed by atoms with Crippen LogP contribution in [-0.4, -0.2) is 44.6 Å². The zero-order valence-electron chi connectivity index (χ0n) is 28.1. The van der Waals surface area contributed by atoms with Crippen LogP contribution in [0.5, 0.6) is 0 Å². The van der Waals surface area contributed by atoms with Gasteiger partial charge in [-0.25, -0.2) is 4.98 Å². The maximum atomic E-state index is 5.55. The highest BCUT2D eigenvalue weighted by Crippen LogP contribution is 2.56. The molecule has 46 heavy (non-hydrogen) atoms. The summed E-state index contributed by atoms with van der Waals surface area (Å²) in [5, 5.41) is 2.90. The van der Waals surface area contributed by atoms with E-state index in [1.807, 2.05) is 0 Å². The molecule has 0 fully saturated rings. The second-order valence-electron chi connectivity index (χ2n) is 14.8. The van der Waals surface area contributed by atoms with Gasteiger partial charge in [0, 0.05) is 41.8 Å². The molecule has 232 valence electrons. The van der Waals surface area contributed by atoms with Crippen LogP contribution < -0.4 is 15.3 Å². The van der Waals surface area contributed by atoms with Crippen LogP contribution in [0.3, 0.4) is 0 Å². The molecule has 5 aromatic rings. The van der Waals surface area contributed by atoms with Crippen molar-refractivity contribution in [3.63, 3.8) is 0 Å². The molecule has 4 aromatic carbocycles. The van der Waals surface area contributed by atoms with Gasteiger partial charge in [-0.05, 0) is 36.4 Å². The van der Waals surface area contributed by atoms with Crippen LogP contribution in [0.1, 0.15) is 16.8 Å². The zero-order chi connectivity index (χ0) is 32.3. The molecule has 1 aromatic heterocycles. The standard InChI is InChI=1S/C40H44N4Si2/c1-42-25-26-43(29-42)40(39-20-14-19-36(41-39)30-15-10-8-11-16-30)34-23-21-32(45(2,3)4)27-37(34)44(31-17-12-9-13-18-31)38-28-33(46(5,6)7)22-24-35(38)40/h8-28H,29H2,1-7H3. The summed E-state index contributed by atoms with van der Waals surface area (Å²) in [4.78, 5) is 12.8. The van der Waals surface area contributed by atoms with Crippen molar-refractivity contribution in [1.82, 2.24) is 14.8 Å². The molecular weight excluding hydrogens is 593 g/mol. The second kappa shape index (κ2) is 11.1. The van der Waals surface area contributed by atoms with Gasteiger partial charge in [-0.1, -0.05) is 129 Å². The normalized spacial score (nSPS) is 15.6. The number of rotatable bonds is 6. The van der Waals surface area contributed by atoms with Crippen molar-refractivity contribution in [3.05, 3.63) is 144 Å². The number of hydrogen-bond acceptors (Lipinski definition) is 4. The van der Waals surface area contributed by atoms with Crippen LogP contribution in [0.2, 0.25) is 39.3 Å². The number of benzene rings is 4. The van der Waals surface area contributed by atoms with Gasteiger partial charge in [0.1, 0.15) is 5.54 Å². The zero-order valence-corrected chi connectivity index (χ0v) is 30.1. The molecule has 2 aliphatic rings. The summed E-state index contributed by atoms with van der Waals surface area (Å²) in [5.41, 5.74) is 8.65. The maximum Gasteiger partial charge on any atom is 0.138 e. The summed E-state index contributed by atoms with van der Waals surface area (Å²) in [6.07, 6.45) is 4.46. The van der Waals surface area contributed by atoms with Gasteiger partial charge in [0.15, 0.2) is 0 Å². The fraction of sp³-hybridized carbons (Fsp3) is 0.225. The van der Waals surface area contributed by atoms with E-state index in [9.17, 15) is 0 Å². The molecule has 0 saturated heterocycles. The number of fused-ring (bicyclic) bond motifs is 2. The third-order valence-corrected chi connectivity index (χ3v) is 13.6. The van der Waals surface area contributed by atoms with Gasteiger partial charge in [0.05, 0.1) is 45.6 Å². The van der Waals surface area contributed by atoms with Crippen molar-refractivity contribution in [2.75, 3.05) is 18.6 Å². The first kappa shape index (κ1) is 30.3. The molecule has 0 aliphatic carbocycles. The Labute approximate surface area is 276 Å². The van der Waals surface area contributed by atoms with Crippen LogP contribution in [0.4, 0.5) is 17.1 Å². The summed E-state index contributed by atoms with van der Waals surface area (Å²) in [6, 6.07) is 42.7. The predicted octanol–water partition coefficient (Wildman–Crippen LogP) is 8.59. The van der Waals surface area contributed by atoms with Gasteiger partial charge in [-0.15, -0.1) is 0 Å². The highest BCUT2D eigenvalue weighted by Gasteiger charge is 2.51. The van der Waals surface area contributed by atoms with Gasteiger partial charge in [-0.2, -0.15) is 0 Å². The molecule has 0 saturated carbocycles. The van der Waals surface area contributed by atoms with E-state index in [0.29, 0.717) is 0 Å². The fourth-order valence-corrected chi connectivity index (χ4v) is 9.30. The number of anilines is 3. The number of pyridine rings is 1. The monoisotopic (exact) mass is 636 g/mol. The highest BCUT2D eigenvalue weighted by atomic mass is 28.3. The minimum Gasteiger partial charge on any atom is -0.362 e. The Kier molecular flexibility index (Phi) is 7.33. The molecule has 4 nitrogen and oxygen atoms in total. The lowest BCUT2D eigenvalue weighted by atomic mass is 9.73. The Balaban J connectivity index is 1.63. The van der Waals surface area contributed by atoms with Crippen molar-refractivity contribution in [2.24, 2.45) is 0 Å². The van der Waals surface area contributed by atoms with Crippen molar-refractivity contribution >= 4 is 43.6 Å². The van der Waals surface area contributed by atoms with Crippen LogP contribution in [-0.2, 0) is 5.54 Å². The quantitative estimate of drug-likeness (QED) is 0.174. The van der Waals surface area contributed by atoms with Crippen molar-refractivity contribution < 1.29 is 0 Å². The molecule has 0 radical (unpaired) electrons. The predicted molar refractivity (Wildman–Crippen MR) is 200 cm³/mol. The third kappa shape index (κ3) is 5.00. The molecule has 2 aliphatic heterocycles. The number of hydrogen-bond donors (Lipinski definition) is 0. The third-order valence-electron chi connectivity index (χ3n) is 9.50. The lowest BCUT2D eigenvalue weighted by Gasteiger charge is -2.50. The van der Waals surface area contributed by atoms with Crippen molar-refractivity contribution in [2.45, 2.75) is 44.8 Å². The molecule has 0 spiro atoms. The minimum atomic E-state index is -1.65. The van der Waals surface area contributed by atoms with Crippen LogP contribution in [0.15, 0.2) is 128 Å². The Hall–Kier alpha value is -4.40. The van der Waals surface area contributed by atoms with E-state index in [4.69, 9.17) is 4.98 Å². The number of aromatic nitrogens is 1. The van der Waals surface area contributed by atoms with Gasteiger partial charge >= 0.3 is 0 Å². The van der Waals surface area contributed by atoms with Crippen LogP contribution >= 0.6 is 0 Å². The van der Waals surface area contributed by atoms with Gasteiger partial charge < -0.3 is 14.7 Å². The first-order valence-electron chi connectivity index (χ1n) is 16.3. The van der Waals surface area contributed by atoms with Crippen LogP contribution in [0, 0.1) is 0 Å². The minimum absolute atomic E-state index is 0.655. The average Bonchev–Trinajstić information content (AvgIpc) is 3.49. The fourth-order valence-electron chi connectivity index (χ4n) is 6.99. The van der Waals surface area contributed by atoms with Crippen LogP contribution in [0.25, 0.3) is 11.3 Å². The summed E-state index contributed by atoms with van der Waals surface area (Å²) in [7, 11) is -1.14. The van der Waals surface area contributed by atoms with E-state index in [0.717, 1.165) is 23.6 Å². The Morgan fingerprint density at radius 2 is 1.17 bits per heavy atom. The van der Waals surface area contributed by atoms with E-state index < -0.39 is 21.7 Å². The van der Waals surface area contributed by atoms with E-state index in [-0.39, 0.29) is 0 Å². The SMILES string of the molecule is CN1C=CN(C2(c3cccc(-c4ccccc4)n3)c3ccc([Si](C)(C)C)cc3N(c3ccccc3)c3cc([Si](C)(C)C)ccc32)C1. The smallest absolute Gasteiger partial charge is 0.138 e. The average molecular weight is 637 g/mol. The summed E-state index contributed by atoms with van der Waals surface area (Å²) < 4.78 is 0. The number of para-hydroxylation sites is 1. The Morgan fingerprint density at radius 1 is 0.609 bits per heavy atom. The summed E-state index contributed by atoms with van der Waals surface area (Å²) in [5.74, 6) is 0. The molecule has 3 heterocycles. The lowest BCUT2D eigenvalue weighted by Crippen LogP contribution is -2.51. The van der Waals surface area contributed by atoms with Gasteiger partial charge in [-0.3, -0.25) is 0 Å². The molecule has 7 rings (SSSR count). The molecule has 0 amide bonds. The largest absolute Gasteiger partial charge is 0.362 e. The van der Waals surface area contributed by atoms with Gasteiger partial charge in [0.25, 0.3) is 0 Å². The van der Waals surface area contributed by atoms with E-state index in [1.165, 1.54) is 38.6 Å². The Morgan fingerprint density at radius 3 is 1.70 bits per heavy atom. The number of nitrogens with zero attached hydrogens (tertiary/aromatic N) is 4. The topological polar surface area (TPSA) is 22.6 Å². The van der Waals surface area contributed by atoms with Gasteiger partial charge in [0.2, 0.25) is 0 Å². The first-order valence-corrected chi connectivity index (χ1v) is 23.3. The highest BCUT2D eigenvalue weighted by molar-refractivity contribution is 6.89. The van der Waals surface area contributed by atoms with Crippen molar-refractivity contribution in [3.8, 4) is 11.3 Å². The molecular formula is C40H44N4Si2. The van der Waals surface area contributed by atoms with E-state index >= 15 is 0 Å². The molecule has 6 heteroatoms. The van der Waals surface area contributed by atoms with Crippen molar-refractivity contribution in [1.29, 1.82) is 0 Å². The summed E-state index contributed by atoms with van der Waals surface area (Å²) >= 11 is 0. The molecule has 0 atom stereocenters.